The van der Waals surface area contributed by atoms with Gasteiger partial charge >= 0.3 is 0 Å². The number of fused-ring (bicyclic) bond motifs is 1. The summed E-state index contributed by atoms with van der Waals surface area (Å²) in [5.74, 6) is 1.90. The molecule has 2 aromatic rings. The maximum atomic E-state index is 13.0. The minimum absolute atomic E-state index is 0.00524. The zero-order chi connectivity index (χ0) is 18.5. The molecular formula is C23H26O4. The van der Waals surface area contributed by atoms with Crippen LogP contribution in [0.2, 0.25) is 0 Å². The van der Waals surface area contributed by atoms with Crippen LogP contribution in [0.4, 0.5) is 0 Å². The Labute approximate surface area is 160 Å². The van der Waals surface area contributed by atoms with Crippen LogP contribution in [0.1, 0.15) is 48.0 Å². The first-order valence-corrected chi connectivity index (χ1v) is 9.89. The molecule has 4 nitrogen and oxygen atoms in total. The number of ether oxygens (including phenoxy) is 3. The predicted molar refractivity (Wildman–Crippen MR) is 103 cm³/mol. The fraction of sp³-hybridized carbons (Fsp3) is 0.435. The molecule has 142 valence electrons. The number of ketones is 1. The number of carbonyl (C=O) groups excluding carboxylic acids is 1. The molecule has 0 N–H and O–H groups in total. The summed E-state index contributed by atoms with van der Waals surface area (Å²) in [4.78, 5) is 13.0. The Morgan fingerprint density at radius 1 is 1.00 bits per heavy atom. The molecule has 2 aliphatic rings. The summed E-state index contributed by atoms with van der Waals surface area (Å²) >= 11 is 0. The molecule has 27 heavy (non-hydrogen) atoms. The number of benzene rings is 2. The molecule has 1 heterocycles. The minimum Gasteiger partial charge on any atom is -0.493 e. The Balaban J connectivity index is 1.43. The summed E-state index contributed by atoms with van der Waals surface area (Å²) in [5.41, 5.74) is 1.65. The van der Waals surface area contributed by atoms with Gasteiger partial charge in [0.1, 0.15) is 24.2 Å². The molecule has 0 saturated heterocycles. The molecule has 0 radical (unpaired) electrons. The van der Waals surface area contributed by atoms with E-state index >= 15 is 0 Å². The van der Waals surface area contributed by atoms with Gasteiger partial charge in [0.05, 0.1) is 18.8 Å². The fourth-order valence-corrected chi connectivity index (χ4v) is 3.83. The van der Waals surface area contributed by atoms with Gasteiger partial charge in [0.25, 0.3) is 0 Å². The van der Waals surface area contributed by atoms with E-state index in [0.29, 0.717) is 49.2 Å². The van der Waals surface area contributed by atoms with Crippen LogP contribution in [0.3, 0.4) is 0 Å². The third-order valence-corrected chi connectivity index (χ3v) is 5.40. The van der Waals surface area contributed by atoms with E-state index in [1.165, 1.54) is 25.7 Å². The molecule has 1 unspecified atom stereocenters. The van der Waals surface area contributed by atoms with Gasteiger partial charge in [0.2, 0.25) is 0 Å². The quantitative estimate of drug-likeness (QED) is 0.736. The number of rotatable bonds is 6. The fourth-order valence-electron chi connectivity index (χ4n) is 3.83. The van der Waals surface area contributed by atoms with E-state index in [1.54, 1.807) is 6.07 Å². The van der Waals surface area contributed by atoms with E-state index in [9.17, 15) is 4.79 Å². The van der Waals surface area contributed by atoms with E-state index in [1.807, 2.05) is 42.5 Å². The molecule has 0 aromatic heterocycles. The number of hydrogen-bond donors (Lipinski definition) is 0. The second kappa shape index (κ2) is 8.57. The predicted octanol–water partition coefficient (Wildman–Crippen LogP) is 4.81. The molecule has 0 spiro atoms. The highest BCUT2D eigenvalue weighted by Gasteiger charge is 2.29. The molecule has 1 fully saturated rings. The van der Waals surface area contributed by atoms with Crippen LogP contribution in [-0.4, -0.2) is 25.1 Å². The maximum Gasteiger partial charge on any atom is 0.195 e. The van der Waals surface area contributed by atoms with Crippen LogP contribution in [0, 0.1) is 5.92 Å². The zero-order valence-corrected chi connectivity index (χ0v) is 15.6. The van der Waals surface area contributed by atoms with Crippen molar-refractivity contribution in [2.75, 3.05) is 13.2 Å². The Morgan fingerprint density at radius 2 is 1.81 bits per heavy atom. The van der Waals surface area contributed by atoms with Crippen molar-refractivity contribution in [1.82, 2.24) is 0 Å². The Bertz CT molecular complexity index is 765. The number of Topliss-reactive ketones (excluding diaryl/α,β-unsaturated/α-hetero) is 1. The highest BCUT2D eigenvalue weighted by molar-refractivity contribution is 6.02. The lowest BCUT2D eigenvalue weighted by Gasteiger charge is -2.17. The second-order valence-corrected chi connectivity index (χ2v) is 7.41. The molecule has 1 aliphatic carbocycles. The molecule has 1 aliphatic heterocycles. The third kappa shape index (κ3) is 4.51. The van der Waals surface area contributed by atoms with Crippen molar-refractivity contribution in [1.29, 1.82) is 0 Å². The van der Waals surface area contributed by atoms with Crippen molar-refractivity contribution in [3.8, 4) is 11.5 Å². The van der Waals surface area contributed by atoms with Crippen molar-refractivity contribution in [3.05, 3.63) is 59.7 Å². The molecule has 1 atom stereocenters. The Kier molecular flexibility index (Phi) is 5.73. The molecule has 0 bridgehead atoms. The first-order chi connectivity index (χ1) is 13.3. The van der Waals surface area contributed by atoms with Gasteiger partial charge in [-0.15, -0.1) is 0 Å². The van der Waals surface area contributed by atoms with Crippen molar-refractivity contribution in [2.45, 2.75) is 44.8 Å². The van der Waals surface area contributed by atoms with Gasteiger partial charge in [-0.3, -0.25) is 4.79 Å². The first kappa shape index (κ1) is 18.1. The SMILES string of the molecule is O=C1c2cc(OCc3ccccc3)ccc2OCCC1OCC1CCCC1. The molecular weight excluding hydrogens is 340 g/mol. The van der Waals surface area contributed by atoms with Gasteiger partial charge in [-0.05, 0) is 42.5 Å². The summed E-state index contributed by atoms with van der Waals surface area (Å²) < 4.78 is 17.7. The van der Waals surface area contributed by atoms with Gasteiger partial charge < -0.3 is 14.2 Å². The van der Waals surface area contributed by atoms with Crippen LogP contribution in [0.25, 0.3) is 0 Å². The van der Waals surface area contributed by atoms with Crippen molar-refractivity contribution in [2.24, 2.45) is 5.92 Å². The lowest BCUT2D eigenvalue weighted by atomic mass is 10.0. The molecule has 4 rings (SSSR count). The Morgan fingerprint density at radius 3 is 2.63 bits per heavy atom. The van der Waals surface area contributed by atoms with Crippen LogP contribution >= 0.6 is 0 Å². The highest BCUT2D eigenvalue weighted by Crippen LogP contribution is 2.31. The summed E-state index contributed by atoms with van der Waals surface area (Å²) in [6, 6.07) is 15.5. The monoisotopic (exact) mass is 366 g/mol. The van der Waals surface area contributed by atoms with E-state index in [4.69, 9.17) is 14.2 Å². The smallest absolute Gasteiger partial charge is 0.195 e. The van der Waals surface area contributed by atoms with Gasteiger partial charge in [-0.25, -0.2) is 0 Å². The van der Waals surface area contributed by atoms with E-state index < -0.39 is 6.10 Å². The molecule has 1 saturated carbocycles. The molecule has 2 aromatic carbocycles. The van der Waals surface area contributed by atoms with Crippen molar-refractivity contribution >= 4 is 5.78 Å². The summed E-state index contributed by atoms with van der Waals surface area (Å²) in [6.07, 6.45) is 5.16. The average molecular weight is 366 g/mol. The Hall–Kier alpha value is -2.33. The lowest BCUT2D eigenvalue weighted by Crippen LogP contribution is -2.26. The maximum absolute atomic E-state index is 13.0. The van der Waals surface area contributed by atoms with Gasteiger partial charge in [-0.2, -0.15) is 0 Å². The highest BCUT2D eigenvalue weighted by atomic mass is 16.5. The summed E-state index contributed by atoms with van der Waals surface area (Å²) in [5, 5.41) is 0. The topological polar surface area (TPSA) is 44.8 Å². The number of hydrogen-bond acceptors (Lipinski definition) is 4. The van der Waals surface area contributed by atoms with E-state index in [2.05, 4.69) is 0 Å². The van der Waals surface area contributed by atoms with Gasteiger partial charge in [-0.1, -0.05) is 43.2 Å². The van der Waals surface area contributed by atoms with Gasteiger partial charge in [0.15, 0.2) is 5.78 Å². The third-order valence-electron chi connectivity index (χ3n) is 5.40. The zero-order valence-electron chi connectivity index (χ0n) is 15.6. The van der Waals surface area contributed by atoms with Crippen LogP contribution in [0.15, 0.2) is 48.5 Å². The standard InChI is InChI=1S/C23H26O4/c24-23-20-14-19(26-15-17-6-2-1-3-7-17)10-11-21(20)25-13-12-22(23)27-16-18-8-4-5-9-18/h1-3,6-7,10-11,14,18,22H,4-5,8-9,12-13,15-16H2. The first-order valence-electron chi connectivity index (χ1n) is 9.89. The summed E-state index contributed by atoms with van der Waals surface area (Å²) in [6.45, 7) is 1.64. The lowest BCUT2D eigenvalue weighted by molar-refractivity contribution is 0.0224. The average Bonchev–Trinajstić information content (AvgIpc) is 3.18. The normalized spacial score (nSPS) is 20.0. The number of carbonyl (C=O) groups is 1. The van der Waals surface area contributed by atoms with E-state index in [-0.39, 0.29) is 5.78 Å². The largest absolute Gasteiger partial charge is 0.493 e. The van der Waals surface area contributed by atoms with Crippen LogP contribution in [0.5, 0.6) is 11.5 Å². The molecule has 4 heteroatoms. The van der Waals surface area contributed by atoms with Gasteiger partial charge in [0, 0.05) is 6.42 Å². The molecule has 0 amide bonds. The summed E-state index contributed by atoms with van der Waals surface area (Å²) in [7, 11) is 0. The van der Waals surface area contributed by atoms with Crippen LogP contribution in [-0.2, 0) is 11.3 Å². The van der Waals surface area contributed by atoms with Crippen molar-refractivity contribution in [3.63, 3.8) is 0 Å². The van der Waals surface area contributed by atoms with Crippen LogP contribution < -0.4 is 9.47 Å². The van der Waals surface area contributed by atoms with Crippen molar-refractivity contribution < 1.29 is 19.0 Å². The second-order valence-electron chi connectivity index (χ2n) is 7.41. The van der Waals surface area contributed by atoms with E-state index in [0.717, 1.165) is 5.56 Å². The minimum atomic E-state index is -0.420.